The molecule has 1 aliphatic rings. The SMILES string of the molecule is N#CC1(S(=O)(=O)c2ccccc2Cl)CCNCC1. The Bertz CT molecular complexity index is 586. The average Bonchev–Trinajstić information content (AvgIpc) is 2.39. The van der Waals surface area contributed by atoms with E-state index in [1.165, 1.54) is 12.1 Å². The van der Waals surface area contributed by atoms with Crippen molar-refractivity contribution < 1.29 is 8.42 Å². The molecule has 0 atom stereocenters. The van der Waals surface area contributed by atoms with Crippen molar-refractivity contribution in [1.82, 2.24) is 5.32 Å². The van der Waals surface area contributed by atoms with Crippen molar-refractivity contribution in [3.63, 3.8) is 0 Å². The summed E-state index contributed by atoms with van der Waals surface area (Å²) in [6.07, 6.45) is 0.577. The van der Waals surface area contributed by atoms with E-state index in [-0.39, 0.29) is 22.8 Å². The van der Waals surface area contributed by atoms with Gasteiger partial charge in [-0.25, -0.2) is 8.42 Å². The first kappa shape index (κ1) is 13.3. The summed E-state index contributed by atoms with van der Waals surface area (Å²) in [5.41, 5.74) is 0. The van der Waals surface area contributed by atoms with Crippen molar-refractivity contribution in [3.8, 4) is 6.07 Å². The van der Waals surface area contributed by atoms with Gasteiger partial charge in [0.1, 0.15) is 0 Å². The van der Waals surface area contributed by atoms with Gasteiger partial charge in [-0.1, -0.05) is 23.7 Å². The van der Waals surface area contributed by atoms with E-state index in [0.29, 0.717) is 13.1 Å². The zero-order valence-corrected chi connectivity index (χ0v) is 11.3. The molecule has 4 nitrogen and oxygen atoms in total. The second kappa shape index (κ2) is 4.88. The van der Waals surface area contributed by atoms with Gasteiger partial charge in [-0.15, -0.1) is 0 Å². The fraction of sp³-hybridized carbons (Fsp3) is 0.417. The van der Waals surface area contributed by atoms with Gasteiger partial charge in [0.2, 0.25) is 0 Å². The molecule has 2 rings (SSSR count). The molecule has 6 heteroatoms. The van der Waals surface area contributed by atoms with Crippen molar-refractivity contribution in [3.05, 3.63) is 29.3 Å². The van der Waals surface area contributed by atoms with Crippen molar-refractivity contribution in [1.29, 1.82) is 5.26 Å². The third kappa shape index (κ3) is 2.01. The third-order valence-corrected chi connectivity index (χ3v) is 6.16. The van der Waals surface area contributed by atoms with Crippen LogP contribution in [0.25, 0.3) is 0 Å². The van der Waals surface area contributed by atoms with Crippen LogP contribution in [0.3, 0.4) is 0 Å². The maximum absolute atomic E-state index is 12.6. The van der Waals surface area contributed by atoms with E-state index >= 15 is 0 Å². The van der Waals surface area contributed by atoms with Crippen LogP contribution in [-0.2, 0) is 9.84 Å². The molecule has 1 saturated heterocycles. The molecule has 18 heavy (non-hydrogen) atoms. The molecule has 0 unspecified atom stereocenters. The Kier molecular flexibility index (Phi) is 3.62. The summed E-state index contributed by atoms with van der Waals surface area (Å²) >= 11 is 5.94. The number of benzene rings is 1. The summed E-state index contributed by atoms with van der Waals surface area (Å²) in [5.74, 6) is 0. The molecule has 1 aromatic carbocycles. The topological polar surface area (TPSA) is 70.0 Å². The Labute approximate surface area is 111 Å². The lowest BCUT2D eigenvalue weighted by molar-refractivity contribution is 0.444. The fourth-order valence-corrected chi connectivity index (χ4v) is 4.45. The van der Waals surface area contributed by atoms with Gasteiger partial charge in [0, 0.05) is 0 Å². The Hall–Kier alpha value is -1.09. The molecule has 1 fully saturated rings. The van der Waals surface area contributed by atoms with Gasteiger partial charge in [-0.2, -0.15) is 5.26 Å². The molecular formula is C12H13ClN2O2S. The summed E-state index contributed by atoms with van der Waals surface area (Å²) in [6, 6.07) is 8.27. The third-order valence-electron chi connectivity index (χ3n) is 3.26. The monoisotopic (exact) mass is 284 g/mol. The van der Waals surface area contributed by atoms with Gasteiger partial charge in [-0.3, -0.25) is 0 Å². The minimum Gasteiger partial charge on any atom is -0.317 e. The number of nitriles is 1. The summed E-state index contributed by atoms with van der Waals surface area (Å²) in [6.45, 7) is 1.05. The van der Waals surface area contributed by atoms with Crippen LogP contribution in [0.1, 0.15) is 12.8 Å². The normalized spacial score (nSPS) is 19.1. The van der Waals surface area contributed by atoms with Crippen LogP contribution in [0, 0.1) is 11.3 Å². The largest absolute Gasteiger partial charge is 0.317 e. The van der Waals surface area contributed by atoms with Gasteiger partial charge in [-0.05, 0) is 38.1 Å². The van der Waals surface area contributed by atoms with Crippen molar-refractivity contribution in [2.24, 2.45) is 0 Å². The number of hydrogen-bond acceptors (Lipinski definition) is 4. The molecule has 0 aromatic heterocycles. The predicted octanol–water partition coefficient (Wildman–Crippen LogP) is 1.76. The van der Waals surface area contributed by atoms with E-state index < -0.39 is 14.6 Å². The Balaban J connectivity index is 2.55. The zero-order chi connectivity index (χ0) is 13.2. The number of halogens is 1. The highest BCUT2D eigenvalue weighted by atomic mass is 35.5. The first-order chi connectivity index (χ1) is 8.53. The lowest BCUT2D eigenvalue weighted by Crippen LogP contribution is -2.46. The average molecular weight is 285 g/mol. The highest BCUT2D eigenvalue weighted by Crippen LogP contribution is 2.35. The molecule has 0 spiro atoms. The Morgan fingerprint density at radius 2 is 1.89 bits per heavy atom. The van der Waals surface area contributed by atoms with Gasteiger partial charge in [0.15, 0.2) is 14.6 Å². The lowest BCUT2D eigenvalue weighted by Gasteiger charge is -2.30. The van der Waals surface area contributed by atoms with Crippen molar-refractivity contribution in [2.75, 3.05) is 13.1 Å². The maximum Gasteiger partial charge on any atom is 0.198 e. The molecule has 1 N–H and O–H groups in total. The summed E-state index contributed by atoms with van der Waals surface area (Å²) in [4.78, 5) is 0.0510. The van der Waals surface area contributed by atoms with E-state index in [1.807, 2.05) is 6.07 Å². The van der Waals surface area contributed by atoms with Gasteiger partial charge < -0.3 is 5.32 Å². The Morgan fingerprint density at radius 3 is 2.44 bits per heavy atom. The summed E-state index contributed by atoms with van der Waals surface area (Å²) in [5, 5.41) is 12.6. The molecule has 0 amide bonds. The fourth-order valence-electron chi connectivity index (χ4n) is 2.14. The molecule has 1 aliphatic heterocycles. The van der Waals surface area contributed by atoms with E-state index in [1.54, 1.807) is 12.1 Å². The number of piperidine rings is 1. The smallest absolute Gasteiger partial charge is 0.198 e. The standard InChI is InChI=1S/C12H13ClN2O2S/c13-10-3-1-2-4-11(10)18(16,17)12(9-14)5-7-15-8-6-12/h1-4,15H,5-8H2. The molecule has 1 aromatic rings. The minimum atomic E-state index is -3.74. The highest BCUT2D eigenvalue weighted by molar-refractivity contribution is 7.93. The highest BCUT2D eigenvalue weighted by Gasteiger charge is 2.46. The molecule has 0 aliphatic carbocycles. The summed E-state index contributed by atoms with van der Waals surface area (Å²) < 4.78 is 23.9. The first-order valence-corrected chi connectivity index (χ1v) is 7.51. The molecule has 96 valence electrons. The van der Waals surface area contributed by atoms with Crippen LogP contribution in [0.15, 0.2) is 29.2 Å². The van der Waals surface area contributed by atoms with E-state index in [4.69, 9.17) is 11.6 Å². The number of rotatable bonds is 2. The van der Waals surface area contributed by atoms with Crippen LogP contribution in [0.2, 0.25) is 5.02 Å². The van der Waals surface area contributed by atoms with Crippen LogP contribution in [-0.4, -0.2) is 26.3 Å². The van der Waals surface area contributed by atoms with Crippen molar-refractivity contribution in [2.45, 2.75) is 22.5 Å². The quantitative estimate of drug-likeness (QED) is 0.898. The van der Waals surface area contributed by atoms with Crippen LogP contribution >= 0.6 is 11.6 Å². The maximum atomic E-state index is 12.6. The number of sulfone groups is 1. The van der Waals surface area contributed by atoms with Crippen LogP contribution in [0.4, 0.5) is 0 Å². The first-order valence-electron chi connectivity index (χ1n) is 5.65. The van der Waals surface area contributed by atoms with E-state index in [2.05, 4.69) is 5.32 Å². The number of hydrogen-bond donors (Lipinski definition) is 1. The second-order valence-corrected chi connectivity index (χ2v) is 6.93. The summed E-state index contributed by atoms with van der Waals surface area (Å²) in [7, 11) is -3.74. The van der Waals surface area contributed by atoms with Gasteiger partial charge in [0.05, 0.1) is 16.0 Å². The van der Waals surface area contributed by atoms with Gasteiger partial charge >= 0.3 is 0 Å². The zero-order valence-electron chi connectivity index (χ0n) is 9.69. The van der Waals surface area contributed by atoms with E-state index in [9.17, 15) is 13.7 Å². The molecule has 0 saturated carbocycles. The molecule has 0 bridgehead atoms. The molecule has 1 heterocycles. The lowest BCUT2D eigenvalue weighted by atomic mass is 9.99. The van der Waals surface area contributed by atoms with Crippen LogP contribution < -0.4 is 5.32 Å². The molecule has 0 radical (unpaired) electrons. The second-order valence-electron chi connectivity index (χ2n) is 4.29. The number of nitrogens with zero attached hydrogens (tertiary/aromatic N) is 1. The number of nitrogens with one attached hydrogen (secondary N) is 1. The predicted molar refractivity (Wildman–Crippen MR) is 69.1 cm³/mol. The van der Waals surface area contributed by atoms with Crippen LogP contribution in [0.5, 0.6) is 0 Å². The van der Waals surface area contributed by atoms with Crippen molar-refractivity contribution >= 4 is 21.4 Å². The minimum absolute atomic E-state index is 0.0510. The van der Waals surface area contributed by atoms with Gasteiger partial charge in [0.25, 0.3) is 0 Å². The molecular weight excluding hydrogens is 272 g/mol. The Morgan fingerprint density at radius 1 is 1.28 bits per heavy atom. The van der Waals surface area contributed by atoms with E-state index in [0.717, 1.165) is 0 Å².